The standard InChI is InChI=1S/C41H53NO8/c1-2-3-4-5-6-7-8-9-10-11-12-13-14-15-16-17-28-49-34-23-18-31(19-24-34)37(43)30-39(44)42-33-22-27-38(36(29-33)41(47)48)50-35-25-20-32(21-26-35)40(45)46/h18-27,29H,2-17,28,30H2,1H3,(H,42,44)(H,45,46)(H,47,48). The van der Waals surface area contributed by atoms with Crippen molar-refractivity contribution in [1.82, 2.24) is 0 Å². The number of carbonyl (C=O) groups is 4. The van der Waals surface area contributed by atoms with Gasteiger partial charge in [-0.05, 0) is 73.2 Å². The number of carboxylic acids is 2. The van der Waals surface area contributed by atoms with E-state index >= 15 is 0 Å². The minimum atomic E-state index is -1.29. The maximum atomic E-state index is 12.7. The van der Waals surface area contributed by atoms with Crippen molar-refractivity contribution >= 4 is 29.3 Å². The molecule has 0 saturated carbocycles. The average molecular weight is 688 g/mol. The van der Waals surface area contributed by atoms with E-state index in [1.165, 1.54) is 132 Å². The SMILES string of the molecule is CCCCCCCCCCCCCCCCCCOc1ccc(C(=O)CC(=O)Nc2ccc(Oc3ccc(C(=O)O)cc3)c(C(=O)O)c2)cc1. The number of rotatable bonds is 26. The Labute approximate surface area is 296 Å². The number of nitrogens with one attached hydrogen (secondary N) is 1. The molecule has 1 amide bonds. The predicted octanol–water partition coefficient (Wildman–Crippen LogP) is 10.7. The summed E-state index contributed by atoms with van der Waals surface area (Å²) in [7, 11) is 0. The zero-order chi connectivity index (χ0) is 36.0. The number of hydrogen-bond acceptors (Lipinski definition) is 6. The molecule has 0 heterocycles. The lowest BCUT2D eigenvalue weighted by Crippen LogP contribution is -2.17. The van der Waals surface area contributed by atoms with E-state index in [0.717, 1.165) is 12.8 Å². The lowest BCUT2D eigenvalue weighted by molar-refractivity contribution is -0.115. The first-order valence-electron chi connectivity index (χ1n) is 18.2. The van der Waals surface area contributed by atoms with Gasteiger partial charge in [0.05, 0.1) is 18.6 Å². The summed E-state index contributed by atoms with van der Waals surface area (Å²) in [5.41, 5.74) is 0.408. The minimum Gasteiger partial charge on any atom is -0.494 e. The van der Waals surface area contributed by atoms with Gasteiger partial charge in [-0.15, -0.1) is 0 Å². The smallest absolute Gasteiger partial charge is 0.339 e. The molecule has 0 atom stereocenters. The Morgan fingerprint density at radius 2 is 1.08 bits per heavy atom. The molecule has 270 valence electrons. The van der Waals surface area contributed by atoms with E-state index in [1.807, 2.05) is 0 Å². The summed E-state index contributed by atoms with van der Waals surface area (Å²) >= 11 is 0. The second kappa shape index (κ2) is 22.9. The molecule has 0 bridgehead atoms. The topological polar surface area (TPSA) is 139 Å². The first-order chi connectivity index (χ1) is 24.3. The van der Waals surface area contributed by atoms with Crippen LogP contribution < -0.4 is 14.8 Å². The van der Waals surface area contributed by atoms with Gasteiger partial charge in [0.1, 0.15) is 22.8 Å². The number of carbonyl (C=O) groups excluding carboxylic acids is 2. The monoisotopic (exact) mass is 687 g/mol. The van der Waals surface area contributed by atoms with Crippen LogP contribution in [0.4, 0.5) is 5.69 Å². The molecule has 0 spiro atoms. The fraction of sp³-hybridized carbons (Fsp3) is 0.463. The minimum absolute atomic E-state index is 0.00627. The van der Waals surface area contributed by atoms with Gasteiger partial charge in [0.2, 0.25) is 5.91 Å². The van der Waals surface area contributed by atoms with Crippen molar-refractivity contribution in [3.63, 3.8) is 0 Å². The third-order valence-electron chi connectivity index (χ3n) is 8.59. The van der Waals surface area contributed by atoms with Gasteiger partial charge >= 0.3 is 11.9 Å². The summed E-state index contributed by atoms with van der Waals surface area (Å²) in [6.45, 7) is 2.88. The van der Waals surface area contributed by atoms with Gasteiger partial charge in [0.25, 0.3) is 0 Å². The molecular weight excluding hydrogens is 634 g/mol. The van der Waals surface area contributed by atoms with Gasteiger partial charge in [-0.3, -0.25) is 9.59 Å². The summed E-state index contributed by atoms with van der Waals surface area (Å²) in [6.07, 6.45) is 20.7. The van der Waals surface area contributed by atoms with Gasteiger partial charge in [-0.25, -0.2) is 9.59 Å². The summed E-state index contributed by atoms with van der Waals surface area (Å²) in [4.78, 5) is 48.2. The van der Waals surface area contributed by atoms with Gasteiger partial charge < -0.3 is 25.0 Å². The maximum absolute atomic E-state index is 12.7. The van der Waals surface area contributed by atoms with Gasteiger partial charge in [0.15, 0.2) is 5.78 Å². The van der Waals surface area contributed by atoms with Crippen LogP contribution in [-0.4, -0.2) is 40.4 Å². The second-order valence-corrected chi connectivity index (χ2v) is 12.8. The molecule has 0 aliphatic rings. The van der Waals surface area contributed by atoms with Crippen molar-refractivity contribution in [2.24, 2.45) is 0 Å². The third kappa shape index (κ3) is 15.3. The Morgan fingerprint density at radius 1 is 0.580 bits per heavy atom. The van der Waals surface area contributed by atoms with E-state index in [-0.39, 0.29) is 34.1 Å². The highest BCUT2D eigenvalue weighted by Gasteiger charge is 2.17. The van der Waals surface area contributed by atoms with Gasteiger partial charge in [-0.2, -0.15) is 0 Å². The summed E-state index contributed by atoms with van der Waals surface area (Å²) in [6, 6.07) is 16.3. The van der Waals surface area contributed by atoms with Gasteiger partial charge in [0, 0.05) is 11.3 Å². The molecule has 3 aromatic rings. The second-order valence-electron chi connectivity index (χ2n) is 12.8. The molecule has 0 aromatic heterocycles. The first-order valence-corrected chi connectivity index (χ1v) is 18.2. The fourth-order valence-corrected chi connectivity index (χ4v) is 5.69. The summed E-state index contributed by atoms with van der Waals surface area (Å²) < 4.78 is 11.5. The molecule has 3 aromatic carbocycles. The van der Waals surface area contributed by atoms with Gasteiger partial charge in [-0.1, -0.05) is 103 Å². The summed E-state index contributed by atoms with van der Waals surface area (Å²) in [5, 5.41) is 21.3. The molecule has 0 fully saturated rings. The third-order valence-corrected chi connectivity index (χ3v) is 8.59. The van der Waals surface area contributed by atoms with Crippen LogP contribution in [-0.2, 0) is 4.79 Å². The Hall–Kier alpha value is -4.66. The number of amides is 1. The highest BCUT2D eigenvalue weighted by atomic mass is 16.5. The number of Topliss-reactive ketones (excluding diaryl/α,β-unsaturated/α-hetero) is 1. The maximum Gasteiger partial charge on any atom is 0.339 e. The molecule has 9 heteroatoms. The molecule has 0 unspecified atom stereocenters. The van der Waals surface area contributed by atoms with Crippen molar-refractivity contribution in [2.45, 2.75) is 116 Å². The molecule has 9 nitrogen and oxygen atoms in total. The van der Waals surface area contributed by atoms with Crippen LogP contribution in [0, 0.1) is 0 Å². The Kier molecular flexibility index (Phi) is 18.2. The number of unbranched alkanes of at least 4 members (excludes halogenated alkanes) is 15. The molecular formula is C41H53NO8. The normalized spacial score (nSPS) is 10.8. The lowest BCUT2D eigenvalue weighted by Gasteiger charge is -2.12. The molecule has 3 N–H and O–H groups in total. The zero-order valence-corrected chi connectivity index (χ0v) is 29.4. The average Bonchev–Trinajstić information content (AvgIpc) is 3.10. The highest BCUT2D eigenvalue weighted by Crippen LogP contribution is 2.29. The molecule has 50 heavy (non-hydrogen) atoms. The molecule has 0 aliphatic carbocycles. The van der Waals surface area contributed by atoms with Crippen molar-refractivity contribution in [3.05, 3.63) is 83.4 Å². The highest BCUT2D eigenvalue weighted by molar-refractivity contribution is 6.11. The van der Waals surface area contributed by atoms with E-state index in [1.54, 1.807) is 24.3 Å². The van der Waals surface area contributed by atoms with Crippen LogP contribution in [0.3, 0.4) is 0 Å². The van der Waals surface area contributed by atoms with E-state index in [9.17, 15) is 24.3 Å². The number of benzene rings is 3. The number of ether oxygens (including phenoxy) is 2. The lowest BCUT2D eigenvalue weighted by atomic mass is 10.0. The molecule has 3 rings (SSSR count). The van der Waals surface area contributed by atoms with Crippen LogP contribution >= 0.6 is 0 Å². The van der Waals surface area contributed by atoms with E-state index in [4.69, 9.17) is 14.6 Å². The number of anilines is 1. The van der Waals surface area contributed by atoms with Crippen molar-refractivity contribution in [3.8, 4) is 17.2 Å². The number of carboxylic acid groups (broad SMARTS) is 2. The van der Waals surface area contributed by atoms with Crippen LogP contribution in [0.2, 0.25) is 0 Å². The summed E-state index contributed by atoms with van der Waals surface area (Å²) in [5.74, 6) is -2.42. The largest absolute Gasteiger partial charge is 0.494 e. The zero-order valence-electron chi connectivity index (χ0n) is 29.4. The quantitative estimate of drug-likeness (QED) is 0.0430. The number of aromatic carboxylic acids is 2. The van der Waals surface area contributed by atoms with Crippen molar-refractivity contribution < 1.29 is 38.9 Å². The van der Waals surface area contributed by atoms with E-state index in [2.05, 4.69) is 12.2 Å². The van der Waals surface area contributed by atoms with Crippen molar-refractivity contribution in [2.75, 3.05) is 11.9 Å². The molecule has 0 radical (unpaired) electrons. The van der Waals surface area contributed by atoms with Crippen molar-refractivity contribution in [1.29, 1.82) is 0 Å². The molecule has 0 aliphatic heterocycles. The Bertz CT molecular complexity index is 1480. The number of ketones is 1. The fourth-order valence-electron chi connectivity index (χ4n) is 5.69. The van der Waals surface area contributed by atoms with Crippen LogP contribution in [0.5, 0.6) is 17.2 Å². The Balaban J connectivity index is 1.29. The number of hydrogen-bond donors (Lipinski definition) is 3. The Morgan fingerprint density at radius 3 is 1.60 bits per heavy atom. The van der Waals surface area contributed by atoms with E-state index in [0.29, 0.717) is 17.9 Å². The predicted molar refractivity (Wildman–Crippen MR) is 196 cm³/mol. The van der Waals surface area contributed by atoms with Crippen LogP contribution in [0.1, 0.15) is 147 Å². The molecule has 0 saturated heterocycles. The first kappa shape index (κ1) is 39.8. The van der Waals surface area contributed by atoms with Crippen LogP contribution in [0.15, 0.2) is 66.7 Å². The van der Waals surface area contributed by atoms with E-state index < -0.39 is 24.3 Å². The van der Waals surface area contributed by atoms with Crippen LogP contribution in [0.25, 0.3) is 0 Å².